The van der Waals surface area contributed by atoms with E-state index in [4.69, 9.17) is 25.9 Å². The van der Waals surface area contributed by atoms with E-state index in [9.17, 15) is 0 Å². The number of rotatable bonds is 5. The molecule has 1 aromatic heterocycles. The molecule has 1 N–H and O–H groups in total. The van der Waals surface area contributed by atoms with E-state index in [0.29, 0.717) is 6.61 Å². The molecule has 0 aromatic carbocycles. The van der Waals surface area contributed by atoms with Gasteiger partial charge in [0.1, 0.15) is 12.4 Å². The van der Waals surface area contributed by atoms with Crippen LogP contribution in [0.4, 0.5) is 0 Å². The van der Waals surface area contributed by atoms with Crippen LogP contribution in [0.1, 0.15) is 5.76 Å². The van der Waals surface area contributed by atoms with Gasteiger partial charge in [0.15, 0.2) is 0 Å². The van der Waals surface area contributed by atoms with E-state index in [2.05, 4.69) is 0 Å². The Morgan fingerprint density at radius 1 is 1.67 bits per heavy atom. The normalized spacial score (nSPS) is 13.2. The van der Waals surface area contributed by atoms with Crippen LogP contribution in [0.3, 0.4) is 0 Å². The summed E-state index contributed by atoms with van der Waals surface area (Å²) < 4.78 is 10.1. The van der Waals surface area contributed by atoms with E-state index in [-0.39, 0.29) is 12.5 Å². The Morgan fingerprint density at radius 2 is 2.50 bits per heavy atom. The van der Waals surface area contributed by atoms with Crippen LogP contribution < -0.4 is 0 Å². The predicted molar refractivity (Wildman–Crippen MR) is 45.1 cm³/mol. The number of hydrogen-bond donors (Lipinski definition) is 1. The van der Waals surface area contributed by atoms with Crippen molar-refractivity contribution in [2.24, 2.45) is 0 Å². The Kier molecular flexibility index (Phi) is 4.14. The summed E-state index contributed by atoms with van der Waals surface area (Å²) in [6, 6.07) is 3.60. The summed E-state index contributed by atoms with van der Waals surface area (Å²) in [6.45, 7) is 0.616. The van der Waals surface area contributed by atoms with Gasteiger partial charge in [0.2, 0.25) is 0 Å². The van der Waals surface area contributed by atoms with Crippen LogP contribution in [0, 0.1) is 0 Å². The monoisotopic (exact) mass is 190 g/mol. The number of alkyl halides is 1. The minimum absolute atomic E-state index is 0.193. The van der Waals surface area contributed by atoms with Crippen molar-refractivity contribution < 1.29 is 14.3 Å². The molecule has 1 heterocycles. The number of aliphatic hydroxyl groups excluding tert-OH is 1. The lowest BCUT2D eigenvalue weighted by molar-refractivity contribution is 0.0323. The minimum atomic E-state index is -0.596. The Balaban J connectivity index is 2.11. The highest BCUT2D eigenvalue weighted by atomic mass is 35.5. The Hall–Kier alpha value is -0.510. The van der Waals surface area contributed by atoms with Crippen LogP contribution in [0.5, 0.6) is 0 Å². The van der Waals surface area contributed by atoms with Crippen molar-refractivity contribution in [3.63, 3.8) is 0 Å². The van der Waals surface area contributed by atoms with Gasteiger partial charge in [-0.1, -0.05) is 0 Å². The first-order valence-electron chi connectivity index (χ1n) is 3.67. The fourth-order valence-corrected chi connectivity index (χ4v) is 0.824. The molecule has 68 valence electrons. The van der Waals surface area contributed by atoms with Gasteiger partial charge in [0.25, 0.3) is 0 Å². The van der Waals surface area contributed by atoms with Gasteiger partial charge in [0, 0.05) is 0 Å². The maximum atomic E-state index is 9.00. The molecule has 0 aliphatic carbocycles. The standard InChI is InChI=1S/C8H11ClO3/c9-4-7(10)5-11-6-8-2-1-3-12-8/h1-3,7,10H,4-6H2/t7-/m0/s1. The molecular formula is C8H11ClO3. The van der Waals surface area contributed by atoms with E-state index >= 15 is 0 Å². The second-order valence-corrected chi connectivity index (χ2v) is 2.71. The molecule has 0 saturated heterocycles. The fraction of sp³-hybridized carbons (Fsp3) is 0.500. The lowest BCUT2D eigenvalue weighted by atomic mass is 10.4. The highest BCUT2D eigenvalue weighted by molar-refractivity contribution is 6.18. The largest absolute Gasteiger partial charge is 0.467 e. The second-order valence-electron chi connectivity index (χ2n) is 2.40. The van der Waals surface area contributed by atoms with Crippen molar-refractivity contribution in [1.29, 1.82) is 0 Å². The van der Waals surface area contributed by atoms with E-state index in [1.165, 1.54) is 0 Å². The summed E-state index contributed by atoms with van der Waals surface area (Å²) in [5.41, 5.74) is 0. The molecule has 0 spiro atoms. The van der Waals surface area contributed by atoms with Gasteiger partial charge in [-0.25, -0.2) is 0 Å². The van der Waals surface area contributed by atoms with E-state index in [0.717, 1.165) is 5.76 Å². The van der Waals surface area contributed by atoms with Gasteiger partial charge in [-0.3, -0.25) is 0 Å². The second kappa shape index (κ2) is 5.19. The molecule has 1 rings (SSSR count). The summed E-state index contributed by atoms with van der Waals surface area (Å²) in [4.78, 5) is 0. The summed E-state index contributed by atoms with van der Waals surface area (Å²) >= 11 is 5.36. The molecule has 0 fully saturated rings. The topological polar surface area (TPSA) is 42.6 Å². The van der Waals surface area contributed by atoms with Crippen LogP contribution in [0.25, 0.3) is 0 Å². The average molecular weight is 191 g/mol. The molecule has 1 aromatic rings. The van der Waals surface area contributed by atoms with Crippen molar-refractivity contribution >= 4 is 11.6 Å². The average Bonchev–Trinajstić information content (AvgIpc) is 2.57. The number of aliphatic hydroxyl groups is 1. The molecule has 3 nitrogen and oxygen atoms in total. The highest BCUT2D eigenvalue weighted by Crippen LogP contribution is 2.02. The number of furan rings is 1. The molecule has 0 radical (unpaired) electrons. The molecule has 0 amide bonds. The van der Waals surface area contributed by atoms with Crippen LogP contribution in [-0.4, -0.2) is 23.7 Å². The maximum Gasteiger partial charge on any atom is 0.129 e. The lowest BCUT2D eigenvalue weighted by Gasteiger charge is -2.05. The predicted octanol–water partition coefficient (Wildman–Crippen LogP) is 1.40. The zero-order valence-corrected chi connectivity index (χ0v) is 7.33. The van der Waals surface area contributed by atoms with Crippen molar-refractivity contribution in [3.05, 3.63) is 24.2 Å². The SMILES string of the molecule is O[C@@H](CCl)COCc1ccco1. The fourth-order valence-electron chi connectivity index (χ4n) is 0.735. The highest BCUT2D eigenvalue weighted by Gasteiger charge is 2.02. The first-order valence-corrected chi connectivity index (χ1v) is 4.20. The molecule has 4 heteroatoms. The summed E-state index contributed by atoms with van der Waals surface area (Å²) in [5.74, 6) is 0.940. The number of hydrogen-bond acceptors (Lipinski definition) is 3. The number of ether oxygens (including phenoxy) is 1. The van der Waals surface area contributed by atoms with Crippen molar-refractivity contribution in [2.75, 3.05) is 12.5 Å². The van der Waals surface area contributed by atoms with Crippen LogP contribution >= 0.6 is 11.6 Å². The Bertz CT molecular complexity index is 198. The van der Waals surface area contributed by atoms with Gasteiger partial charge < -0.3 is 14.3 Å². The molecule has 1 atom stereocenters. The van der Waals surface area contributed by atoms with E-state index in [1.54, 1.807) is 12.3 Å². The molecule has 12 heavy (non-hydrogen) atoms. The van der Waals surface area contributed by atoms with Gasteiger partial charge in [-0.2, -0.15) is 0 Å². The molecule has 0 unspecified atom stereocenters. The number of halogens is 1. The Labute approximate surface area is 75.9 Å². The van der Waals surface area contributed by atoms with Crippen LogP contribution in [-0.2, 0) is 11.3 Å². The summed E-state index contributed by atoms with van der Waals surface area (Å²) in [6.07, 6.45) is 0.984. The van der Waals surface area contributed by atoms with Gasteiger partial charge in [-0.15, -0.1) is 11.6 Å². The third-order valence-electron chi connectivity index (χ3n) is 1.31. The molecule has 0 bridgehead atoms. The third-order valence-corrected chi connectivity index (χ3v) is 1.67. The zero-order chi connectivity index (χ0) is 8.81. The third kappa shape index (κ3) is 3.26. The molecule has 0 aliphatic heterocycles. The van der Waals surface area contributed by atoms with Gasteiger partial charge >= 0.3 is 0 Å². The molecular weight excluding hydrogens is 180 g/mol. The first-order chi connectivity index (χ1) is 5.83. The Morgan fingerprint density at radius 3 is 3.08 bits per heavy atom. The zero-order valence-electron chi connectivity index (χ0n) is 6.57. The first kappa shape index (κ1) is 9.58. The van der Waals surface area contributed by atoms with Crippen molar-refractivity contribution in [2.45, 2.75) is 12.7 Å². The molecule has 0 saturated carbocycles. The van der Waals surface area contributed by atoms with Gasteiger partial charge in [0.05, 0.1) is 24.9 Å². The lowest BCUT2D eigenvalue weighted by Crippen LogP contribution is -2.16. The van der Waals surface area contributed by atoms with E-state index < -0.39 is 6.10 Å². The summed E-state index contributed by atoms with van der Waals surface area (Å²) in [5, 5.41) is 9.00. The van der Waals surface area contributed by atoms with Crippen molar-refractivity contribution in [3.8, 4) is 0 Å². The smallest absolute Gasteiger partial charge is 0.129 e. The van der Waals surface area contributed by atoms with Gasteiger partial charge in [-0.05, 0) is 12.1 Å². The van der Waals surface area contributed by atoms with Crippen LogP contribution in [0.15, 0.2) is 22.8 Å². The summed E-state index contributed by atoms with van der Waals surface area (Å²) in [7, 11) is 0. The minimum Gasteiger partial charge on any atom is -0.467 e. The molecule has 0 aliphatic rings. The maximum absolute atomic E-state index is 9.00. The van der Waals surface area contributed by atoms with Crippen LogP contribution in [0.2, 0.25) is 0 Å². The van der Waals surface area contributed by atoms with Crippen molar-refractivity contribution in [1.82, 2.24) is 0 Å². The van der Waals surface area contributed by atoms with E-state index in [1.807, 2.05) is 6.07 Å². The quantitative estimate of drug-likeness (QED) is 0.714.